The predicted octanol–water partition coefficient (Wildman–Crippen LogP) is 2.39. The van der Waals surface area contributed by atoms with Crippen LogP contribution in [0.3, 0.4) is 0 Å². The van der Waals surface area contributed by atoms with Crippen molar-refractivity contribution in [1.82, 2.24) is 14.5 Å². The number of nitrogens with zero attached hydrogens (tertiary/aromatic N) is 3. The number of benzene rings is 1. The Morgan fingerprint density at radius 1 is 1.04 bits per heavy atom. The lowest BCUT2D eigenvalue weighted by Crippen LogP contribution is -2.25. The second kappa shape index (κ2) is 6.45. The van der Waals surface area contributed by atoms with E-state index in [1.54, 1.807) is 24.5 Å². The van der Waals surface area contributed by atoms with E-state index in [9.17, 15) is 13.4 Å². The molecule has 2 aromatic heterocycles. The zero-order valence-corrected chi connectivity index (χ0v) is 13.9. The topological polar surface area (TPSA) is 64.8 Å². The van der Waals surface area contributed by atoms with E-state index in [1.165, 1.54) is 42.1 Å². The molecule has 0 saturated carbocycles. The maximum absolute atomic E-state index is 13.2. The summed E-state index contributed by atoms with van der Waals surface area (Å²) in [5.41, 5.74) is 1.61. The van der Waals surface area contributed by atoms with Crippen LogP contribution in [0.4, 0.5) is 4.39 Å². The van der Waals surface area contributed by atoms with E-state index in [0.29, 0.717) is 22.4 Å². The molecule has 0 radical (unpaired) electrons. The summed E-state index contributed by atoms with van der Waals surface area (Å²) in [5, 5.41) is 0.178. The summed E-state index contributed by atoms with van der Waals surface area (Å²) < 4.78 is 26.4. The molecule has 3 aromatic rings. The molecule has 7 heteroatoms. The van der Waals surface area contributed by atoms with Crippen molar-refractivity contribution in [2.75, 3.05) is 6.26 Å². The molecule has 24 heavy (non-hydrogen) atoms. The van der Waals surface area contributed by atoms with E-state index in [4.69, 9.17) is 0 Å². The maximum Gasteiger partial charge on any atom is 0.262 e. The van der Waals surface area contributed by atoms with E-state index in [2.05, 4.69) is 9.97 Å². The van der Waals surface area contributed by atoms with Crippen molar-refractivity contribution in [2.24, 2.45) is 7.05 Å². The SMILES string of the molecule is Cn1c(S(C)=O)nc(-c2ccncc2)c(-c2ccc(F)cc2)c1=O. The lowest BCUT2D eigenvalue weighted by atomic mass is 10.0. The van der Waals surface area contributed by atoms with Crippen molar-refractivity contribution in [3.63, 3.8) is 0 Å². The van der Waals surface area contributed by atoms with Crippen LogP contribution in [0.5, 0.6) is 0 Å². The van der Waals surface area contributed by atoms with Crippen LogP contribution in [-0.2, 0) is 17.8 Å². The average molecular weight is 343 g/mol. The van der Waals surface area contributed by atoms with Gasteiger partial charge in [-0.3, -0.25) is 18.6 Å². The number of hydrogen-bond acceptors (Lipinski definition) is 4. The zero-order valence-electron chi connectivity index (χ0n) is 13.1. The molecule has 0 aliphatic rings. The Bertz CT molecular complexity index is 970. The summed E-state index contributed by atoms with van der Waals surface area (Å²) in [6, 6.07) is 9.07. The molecular formula is C17H14FN3O2S. The van der Waals surface area contributed by atoms with Gasteiger partial charge in [-0.05, 0) is 29.8 Å². The van der Waals surface area contributed by atoms with Crippen LogP contribution in [0.15, 0.2) is 58.7 Å². The Labute approximate surface area is 140 Å². The van der Waals surface area contributed by atoms with Crippen molar-refractivity contribution in [3.05, 3.63) is 65.0 Å². The first kappa shape index (κ1) is 16.2. The molecule has 122 valence electrons. The average Bonchev–Trinajstić information content (AvgIpc) is 2.58. The molecule has 0 bridgehead atoms. The van der Waals surface area contributed by atoms with Crippen LogP contribution >= 0.6 is 0 Å². The molecule has 1 atom stereocenters. The monoisotopic (exact) mass is 343 g/mol. The number of hydrogen-bond donors (Lipinski definition) is 0. The van der Waals surface area contributed by atoms with Gasteiger partial charge in [0, 0.05) is 31.3 Å². The van der Waals surface area contributed by atoms with Gasteiger partial charge in [0.2, 0.25) is 5.16 Å². The van der Waals surface area contributed by atoms with Crippen LogP contribution in [0.1, 0.15) is 0 Å². The van der Waals surface area contributed by atoms with E-state index in [-0.39, 0.29) is 16.5 Å². The molecule has 0 N–H and O–H groups in total. The van der Waals surface area contributed by atoms with Crippen LogP contribution in [-0.4, -0.2) is 25.0 Å². The van der Waals surface area contributed by atoms with E-state index in [1.807, 2.05) is 0 Å². The third-order valence-electron chi connectivity index (χ3n) is 3.59. The fraction of sp³-hybridized carbons (Fsp3) is 0.118. The Morgan fingerprint density at radius 3 is 2.25 bits per heavy atom. The highest BCUT2D eigenvalue weighted by Crippen LogP contribution is 2.28. The van der Waals surface area contributed by atoms with Gasteiger partial charge < -0.3 is 0 Å². The predicted molar refractivity (Wildman–Crippen MR) is 90.4 cm³/mol. The van der Waals surface area contributed by atoms with Gasteiger partial charge in [0.05, 0.1) is 22.1 Å². The first-order valence-corrected chi connectivity index (χ1v) is 8.65. The molecule has 0 aliphatic heterocycles. The number of halogens is 1. The molecule has 0 saturated heterocycles. The summed E-state index contributed by atoms with van der Waals surface area (Å²) in [5.74, 6) is -0.389. The fourth-order valence-electron chi connectivity index (χ4n) is 2.43. The van der Waals surface area contributed by atoms with Crippen molar-refractivity contribution in [1.29, 1.82) is 0 Å². The van der Waals surface area contributed by atoms with Gasteiger partial charge in [-0.15, -0.1) is 0 Å². The minimum Gasteiger partial charge on any atom is -0.288 e. The third kappa shape index (κ3) is 2.90. The Kier molecular flexibility index (Phi) is 4.35. The standard InChI is InChI=1S/C17H14FN3O2S/c1-21-16(22)14(11-3-5-13(18)6-4-11)15(20-17(21)24(2)23)12-7-9-19-10-8-12/h3-10H,1-2H3. The molecule has 2 heterocycles. The highest BCUT2D eigenvalue weighted by molar-refractivity contribution is 7.84. The van der Waals surface area contributed by atoms with Crippen LogP contribution in [0.2, 0.25) is 0 Å². The molecule has 0 fully saturated rings. The molecule has 0 aliphatic carbocycles. The molecular weight excluding hydrogens is 329 g/mol. The van der Waals surface area contributed by atoms with Gasteiger partial charge in [0.15, 0.2) is 0 Å². The Hall–Kier alpha value is -2.67. The van der Waals surface area contributed by atoms with Crippen LogP contribution in [0.25, 0.3) is 22.4 Å². The van der Waals surface area contributed by atoms with E-state index < -0.39 is 10.8 Å². The zero-order chi connectivity index (χ0) is 17.3. The second-order valence-corrected chi connectivity index (χ2v) is 6.45. The molecule has 1 unspecified atom stereocenters. The number of rotatable bonds is 3. The van der Waals surface area contributed by atoms with Gasteiger partial charge in [0.1, 0.15) is 5.82 Å². The van der Waals surface area contributed by atoms with Gasteiger partial charge in [-0.25, -0.2) is 9.37 Å². The van der Waals surface area contributed by atoms with Gasteiger partial charge in [-0.2, -0.15) is 0 Å². The second-order valence-electron chi connectivity index (χ2n) is 5.18. The van der Waals surface area contributed by atoms with Crippen LogP contribution < -0.4 is 5.56 Å². The highest BCUT2D eigenvalue weighted by Gasteiger charge is 2.19. The molecule has 0 spiro atoms. The smallest absolute Gasteiger partial charge is 0.262 e. The third-order valence-corrected chi connectivity index (χ3v) is 4.47. The summed E-state index contributed by atoms with van der Waals surface area (Å²) in [6.45, 7) is 0. The summed E-state index contributed by atoms with van der Waals surface area (Å²) in [4.78, 5) is 21.3. The first-order valence-electron chi connectivity index (χ1n) is 7.10. The summed E-state index contributed by atoms with van der Waals surface area (Å²) >= 11 is 0. The van der Waals surface area contributed by atoms with Gasteiger partial charge in [-0.1, -0.05) is 12.1 Å². The molecule has 5 nitrogen and oxygen atoms in total. The number of aromatic nitrogens is 3. The summed E-state index contributed by atoms with van der Waals surface area (Å²) in [7, 11) is 0.0963. The lowest BCUT2D eigenvalue weighted by Gasteiger charge is -2.13. The Balaban J connectivity index is 2.38. The normalized spacial score (nSPS) is 12.1. The van der Waals surface area contributed by atoms with E-state index >= 15 is 0 Å². The molecule has 1 aromatic carbocycles. The minimum atomic E-state index is -1.43. The maximum atomic E-state index is 13.2. The molecule has 0 amide bonds. The highest BCUT2D eigenvalue weighted by atomic mass is 32.2. The molecule has 3 rings (SSSR count). The Morgan fingerprint density at radius 2 is 1.67 bits per heavy atom. The van der Waals surface area contributed by atoms with Crippen molar-refractivity contribution in [3.8, 4) is 22.4 Å². The fourth-order valence-corrected chi connectivity index (χ4v) is 3.12. The van der Waals surface area contributed by atoms with Gasteiger partial charge >= 0.3 is 0 Å². The van der Waals surface area contributed by atoms with Crippen LogP contribution in [0, 0.1) is 5.82 Å². The van der Waals surface area contributed by atoms with Crippen molar-refractivity contribution < 1.29 is 8.60 Å². The minimum absolute atomic E-state index is 0.178. The van der Waals surface area contributed by atoms with Crippen molar-refractivity contribution in [2.45, 2.75) is 5.16 Å². The van der Waals surface area contributed by atoms with Crippen molar-refractivity contribution >= 4 is 10.8 Å². The van der Waals surface area contributed by atoms with Gasteiger partial charge in [0.25, 0.3) is 5.56 Å². The first-order chi connectivity index (χ1) is 11.5. The lowest BCUT2D eigenvalue weighted by molar-refractivity contribution is 0.628. The quantitative estimate of drug-likeness (QED) is 0.685. The summed E-state index contributed by atoms with van der Waals surface area (Å²) in [6.07, 6.45) is 4.65. The van der Waals surface area contributed by atoms with E-state index in [0.717, 1.165) is 0 Å². The number of pyridine rings is 1. The largest absolute Gasteiger partial charge is 0.288 e.